The number of esters is 1. The molecule has 0 aromatic heterocycles. The number of halogens is 2. The van der Waals surface area contributed by atoms with Crippen molar-refractivity contribution in [1.82, 2.24) is 0 Å². The summed E-state index contributed by atoms with van der Waals surface area (Å²) in [6.45, 7) is 5.19. The zero-order valence-electron chi connectivity index (χ0n) is 9.17. The Balaban J connectivity index is 3.09. The van der Waals surface area contributed by atoms with Crippen LogP contribution in [0.15, 0.2) is 12.1 Å². The molecule has 0 amide bonds. The Kier molecular flexibility index (Phi) is 3.71. The summed E-state index contributed by atoms with van der Waals surface area (Å²) in [7, 11) is 0. The molecule has 0 aliphatic heterocycles. The van der Waals surface area contributed by atoms with Gasteiger partial charge in [-0.25, -0.2) is 4.79 Å². The standard InChI is InChI=1S/C11H12Cl2O3/c1-11(2,3)16-10(15)7-4-6(12)5-8(13)9(7)14/h4-5,14H,1-3H3. The van der Waals surface area contributed by atoms with Crippen LogP contribution in [0.1, 0.15) is 31.1 Å². The molecule has 0 aliphatic rings. The molecule has 88 valence electrons. The summed E-state index contributed by atoms with van der Waals surface area (Å²) in [5.41, 5.74) is -0.675. The second-order valence-corrected chi connectivity index (χ2v) is 5.13. The van der Waals surface area contributed by atoms with Gasteiger partial charge in [-0.1, -0.05) is 23.2 Å². The fraction of sp³-hybridized carbons (Fsp3) is 0.364. The molecule has 0 saturated carbocycles. The normalized spacial score (nSPS) is 11.3. The van der Waals surface area contributed by atoms with E-state index in [0.29, 0.717) is 0 Å². The summed E-state index contributed by atoms with van der Waals surface area (Å²) in [5.74, 6) is -0.977. The third-order valence-electron chi connectivity index (χ3n) is 1.65. The molecule has 0 atom stereocenters. The molecule has 0 saturated heterocycles. The van der Waals surface area contributed by atoms with Crippen LogP contribution in [0.3, 0.4) is 0 Å². The molecular weight excluding hydrogens is 251 g/mol. The predicted molar refractivity (Wildman–Crippen MR) is 63.3 cm³/mol. The van der Waals surface area contributed by atoms with E-state index < -0.39 is 11.6 Å². The second-order valence-electron chi connectivity index (χ2n) is 4.29. The van der Waals surface area contributed by atoms with Crippen LogP contribution in [0.4, 0.5) is 0 Å². The van der Waals surface area contributed by atoms with Gasteiger partial charge >= 0.3 is 5.97 Å². The van der Waals surface area contributed by atoms with Crippen molar-refractivity contribution < 1.29 is 14.6 Å². The number of hydrogen-bond donors (Lipinski definition) is 1. The van der Waals surface area contributed by atoms with Gasteiger partial charge in [-0.05, 0) is 32.9 Å². The van der Waals surface area contributed by atoms with Crippen LogP contribution in [-0.2, 0) is 4.74 Å². The van der Waals surface area contributed by atoms with E-state index >= 15 is 0 Å². The molecule has 0 aliphatic carbocycles. The molecule has 0 bridgehead atoms. The molecule has 1 rings (SSSR count). The first-order valence-electron chi connectivity index (χ1n) is 4.62. The van der Waals surface area contributed by atoms with Crippen LogP contribution in [-0.4, -0.2) is 16.7 Å². The molecular formula is C11H12Cl2O3. The molecule has 0 fully saturated rings. The summed E-state index contributed by atoms with van der Waals surface area (Å²) in [6.07, 6.45) is 0. The molecule has 1 aromatic rings. The maximum atomic E-state index is 11.7. The van der Waals surface area contributed by atoms with Gasteiger partial charge in [0.1, 0.15) is 16.9 Å². The number of ether oxygens (including phenoxy) is 1. The maximum absolute atomic E-state index is 11.7. The summed E-state index contributed by atoms with van der Waals surface area (Å²) < 4.78 is 5.10. The van der Waals surface area contributed by atoms with E-state index in [1.165, 1.54) is 12.1 Å². The van der Waals surface area contributed by atoms with Crippen molar-refractivity contribution in [2.45, 2.75) is 26.4 Å². The summed E-state index contributed by atoms with van der Waals surface area (Å²) in [4.78, 5) is 11.7. The Hall–Kier alpha value is -0.930. The van der Waals surface area contributed by atoms with Gasteiger partial charge in [-0.15, -0.1) is 0 Å². The predicted octanol–water partition coefficient (Wildman–Crippen LogP) is 3.65. The van der Waals surface area contributed by atoms with Crippen molar-refractivity contribution in [3.05, 3.63) is 27.7 Å². The number of carbonyl (C=O) groups is 1. The number of phenols is 1. The van der Waals surface area contributed by atoms with Crippen LogP contribution in [0, 0.1) is 0 Å². The van der Waals surface area contributed by atoms with Gasteiger partial charge in [-0.3, -0.25) is 0 Å². The smallest absolute Gasteiger partial charge is 0.342 e. The monoisotopic (exact) mass is 262 g/mol. The Morgan fingerprint density at radius 2 is 1.88 bits per heavy atom. The summed E-state index contributed by atoms with van der Waals surface area (Å²) >= 11 is 11.4. The van der Waals surface area contributed by atoms with Crippen LogP contribution in [0.25, 0.3) is 0 Å². The zero-order chi connectivity index (χ0) is 12.5. The van der Waals surface area contributed by atoms with Gasteiger partial charge < -0.3 is 9.84 Å². The maximum Gasteiger partial charge on any atom is 0.342 e. The van der Waals surface area contributed by atoms with E-state index in [-0.39, 0.29) is 21.4 Å². The lowest BCUT2D eigenvalue weighted by atomic mass is 10.1. The van der Waals surface area contributed by atoms with Crippen LogP contribution < -0.4 is 0 Å². The third kappa shape index (κ3) is 3.29. The number of benzene rings is 1. The van der Waals surface area contributed by atoms with Crippen molar-refractivity contribution in [2.75, 3.05) is 0 Å². The summed E-state index contributed by atoms with van der Waals surface area (Å²) in [5, 5.41) is 9.89. The van der Waals surface area contributed by atoms with E-state index in [0.717, 1.165) is 0 Å². The Bertz CT molecular complexity index is 422. The highest BCUT2D eigenvalue weighted by molar-refractivity contribution is 6.36. The molecule has 0 heterocycles. The second kappa shape index (κ2) is 4.52. The van der Waals surface area contributed by atoms with E-state index in [2.05, 4.69) is 0 Å². The van der Waals surface area contributed by atoms with Gasteiger partial charge in [0.25, 0.3) is 0 Å². The third-order valence-corrected chi connectivity index (χ3v) is 2.15. The first kappa shape index (κ1) is 13.1. The van der Waals surface area contributed by atoms with Crippen molar-refractivity contribution in [3.8, 4) is 5.75 Å². The molecule has 3 nitrogen and oxygen atoms in total. The number of hydrogen-bond acceptors (Lipinski definition) is 3. The van der Waals surface area contributed by atoms with Gasteiger partial charge in [0.2, 0.25) is 0 Å². The Morgan fingerprint density at radius 1 is 1.31 bits per heavy atom. The van der Waals surface area contributed by atoms with Gasteiger partial charge in [0, 0.05) is 5.02 Å². The fourth-order valence-electron chi connectivity index (χ4n) is 1.05. The quantitative estimate of drug-likeness (QED) is 0.786. The minimum Gasteiger partial charge on any atom is -0.505 e. The highest BCUT2D eigenvalue weighted by Crippen LogP contribution is 2.32. The molecule has 5 heteroatoms. The molecule has 0 radical (unpaired) electrons. The Labute approximate surface area is 104 Å². The van der Waals surface area contributed by atoms with Gasteiger partial charge in [0.15, 0.2) is 0 Å². The lowest BCUT2D eigenvalue weighted by Gasteiger charge is -2.20. The first-order chi connectivity index (χ1) is 7.20. The lowest BCUT2D eigenvalue weighted by Crippen LogP contribution is -2.24. The van der Waals surface area contributed by atoms with E-state index in [1.54, 1.807) is 20.8 Å². The van der Waals surface area contributed by atoms with Crippen molar-refractivity contribution >= 4 is 29.2 Å². The fourth-order valence-corrected chi connectivity index (χ4v) is 1.55. The van der Waals surface area contributed by atoms with E-state index in [4.69, 9.17) is 27.9 Å². The molecule has 1 aromatic carbocycles. The van der Waals surface area contributed by atoms with E-state index in [1.807, 2.05) is 0 Å². The van der Waals surface area contributed by atoms with Crippen LogP contribution in [0.2, 0.25) is 10.0 Å². The average Bonchev–Trinajstić information content (AvgIpc) is 2.08. The number of aromatic hydroxyl groups is 1. The van der Waals surface area contributed by atoms with Crippen LogP contribution >= 0.6 is 23.2 Å². The largest absolute Gasteiger partial charge is 0.505 e. The van der Waals surface area contributed by atoms with Gasteiger partial charge in [-0.2, -0.15) is 0 Å². The lowest BCUT2D eigenvalue weighted by molar-refractivity contribution is 0.00668. The average molecular weight is 263 g/mol. The SMILES string of the molecule is CC(C)(C)OC(=O)c1cc(Cl)cc(Cl)c1O. The summed E-state index contributed by atoms with van der Waals surface area (Å²) in [6, 6.07) is 2.67. The minimum absolute atomic E-state index is 0.0216. The number of phenolic OH excluding ortho intramolecular Hbond substituents is 1. The van der Waals surface area contributed by atoms with Gasteiger partial charge in [0.05, 0.1) is 5.02 Å². The molecule has 0 unspecified atom stereocenters. The van der Waals surface area contributed by atoms with Crippen LogP contribution in [0.5, 0.6) is 5.75 Å². The molecule has 16 heavy (non-hydrogen) atoms. The van der Waals surface area contributed by atoms with Crippen molar-refractivity contribution in [3.63, 3.8) is 0 Å². The zero-order valence-corrected chi connectivity index (χ0v) is 10.7. The first-order valence-corrected chi connectivity index (χ1v) is 5.37. The molecule has 1 N–H and O–H groups in total. The minimum atomic E-state index is -0.658. The van der Waals surface area contributed by atoms with E-state index in [9.17, 15) is 9.90 Å². The highest BCUT2D eigenvalue weighted by atomic mass is 35.5. The number of carbonyl (C=O) groups excluding carboxylic acids is 1. The Morgan fingerprint density at radius 3 is 2.38 bits per heavy atom. The topological polar surface area (TPSA) is 46.5 Å². The molecule has 0 spiro atoms. The van der Waals surface area contributed by atoms with Crippen molar-refractivity contribution in [1.29, 1.82) is 0 Å². The van der Waals surface area contributed by atoms with Crippen molar-refractivity contribution in [2.24, 2.45) is 0 Å². The number of rotatable bonds is 1. The highest BCUT2D eigenvalue weighted by Gasteiger charge is 2.22.